The molecule has 31 heavy (non-hydrogen) atoms. The minimum absolute atomic E-state index is 0.0637. The van der Waals surface area contributed by atoms with E-state index in [1.54, 1.807) is 0 Å². The summed E-state index contributed by atoms with van der Waals surface area (Å²) in [5.74, 6) is 0. The van der Waals surface area contributed by atoms with Gasteiger partial charge in [-0.1, -0.05) is 19.9 Å². The van der Waals surface area contributed by atoms with E-state index in [4.69, 9.17) is 9.72 Å². The van der Waals surface area contributed by atoms with Gasteiger partial charge in [-0.3, -0.25) is 4.68 Å². The average molecular weight is 436 g/mol. The van der Waals surface area contributed by atoms with E-state index in [-0.39, 0.29) is 11.7 Å². The number of hydrogen-bond acceptors (Lipinski definition) is 4. The molecule has 3 aromatic heterocycles. The Morgan fingerprint density at radius 2 is 1.90 bits per heavy atom. The highest BCUT2D eigenvalue weighted by molar-refractivity contribution is 7.19. The van der Waals surface area contributed by atoms with Gasteiger partial charge in [-0.2, -0.15) is 5.10 Å². The molecule has 5 heteroatoms. The van der Waals surface area contributed by atoms with Gasteiger partial charge in [-0.05, 0) is 76.3 Å². The van der Waals surface area contributed by atoms with Crippen LogP contribution in [0.4, 0.5) is 0 Å². The van der Waals surface area contributed by atoms with E-state index >= 15 is 0 Å². The molecule has 1 unspecified atom stereocenters. The summed E-state index contributed by atoms with van der Waals surface area (Å²) < 4.78 is 8.39. The van der Waals surface area contributed by atoms with E-state index < -0.39 is 0 Å². The van der Waals surface area contributed by atoms with Gasteiger partial charge in [0, 0.05) is 34.0 Å². The van der Waals surface area contributed by atoms with Crippen LogP contribution in [-0.4, -0.2) is 20.4 Å². The quantitative estimate of drug-likeness (QED) is 0.334. The third kappa shape index (κ3) is 3.90. The van der Waals surface area contributed by atoms with Crippen molar-refractivity contribution in [2.75, 3.05) is 0 Å². The summed E-state index contributed by atoms with van der Waals surface area (Å²) in [6.07, 6.45) is 3.92. The van der Waals surface area contributed by atoms with Crippen LogP contribution in [0.25, 0.3) is 32.2 Å². The average Bonchev–Trinajstić information content (AvgIpc) is 3.24. The molecular weight excluding hydrogens is 402 g/mol. The van der Waals surface area contributed by atoms with Crippen LogP contribution in [0.5, 0.6) is 0 Å². The van der Waals surface area contributed by atoms with Crippen LogP contribution in [0.15, 0.2) is 24.4 Å². The van der Waals surface area contributed by atoms with Crippen LogP contribution < -0.4 is 0 Å². The van der Waals surface area contributed by atoms with Crippen molar-refractivity contribution in [1.82, 2.24) is 14.8 Å². The van der Waals surface area contributed by atoms with Gasteiger partial charge in [0.05, 0.1) is 23.4 Å². The van der Waals surface area contributed by atoms with E-state index in [0.717, 1.165) is 34.3 Å². The lowest BCUT2D eigenvalue weighted by Gasteiger charge is -2.28. The van der Waals surface area contributed by atoms with Crippen molar-refractivity contribution >= 4 is 32.5 Å². The van der Waals surface area contributed by atoms with Crippen LogP contribution >= 0.6 is 11.3 Å². The molecule has 4 rings (SSSR count). The summed E-state index contributed by atoms with van der Waals surface area (Å²) in [5.41, 5.74) is 7.07. The lowest BCUT2D eigenvalue weighted by atomic mass is 9.90. The maximum absolute atomic E-state index is 6.46. The molecule has 0 aliphatic carbocycles. The minimum Gasteiger partial charge on any atom is -0.368 e. The van der Waals surface area contributed by atoms with Gasteiger partial charge in [0.25, 0.3) is 0 Å². The molecule has 1 atom stereocenters. The van der Waals surface area contributed by atoms with E-state index in [2.05, 4.69) is 71.8 Å². The Labute approximate surface area is 189 Å². The van der Waals surface area contributed by atoms with Gasteiger partial charge in [0.2, 0.25) is 0 Å². The smallest absolute Gasteiger partial charge is 0.124 e. The molecule has 4 aromatic rings. The second kappa shape index (κ2) is 8.03. The lowest BCUT2D eigenvalue weighted by molar-refractivity contribution is -0.0530. The number of fused-ring (bicyclic) bond motifs is 2. The molecule has 0 radical (unpaired) electrons. The zero-order chi connectivity index (χ0) is 22.5. The molecule has 3 heterocycles. The molecule has 4 nitrogen and oxygen atoms in total. The van der Waals surface area contributed by atoms with Crippen molar-refractivity contribution in [1.29, 1.82) is 0 Å². The van der Waals surface area contributed by atoms with Crippen molar-refractivity contribution < 1.29 is 4.74 Å². The molecule has 0 aliphatic heterocycles. The van der Waals surface area contributed by atoms with Crippen LogP contribution in [-0.2, 0) is 24.6 Å². The van der Waals surface area contributed by atoms with Gasteiger partial charge >= 0.3 is 0 Å². The van der Waals surface area contributed by atoms with Gasteiger partial charge in [-0.25, -0.2) is 4.98 Å². The Hall–Kier alpha value is -2.24. The number of ether oxygens (including phenoxy) is 1. The number of aromatic nitrogens is 3. The third-order valence-corrected chi connectivity index (χ3v) is 7.17. The Morgan fingerprint density at radius 1 is 1.16 bits per heavy atom. The standard InChI is InChI=1S/C26H33N3OS/c1-9-19-21(10-2)31-25-24(19)23(17-11-12-20-18(13-17)14-27-29(20)8)22(15(3)28-25)16(4)30-26(5,6)7/h11-14,16H,9-10H2,1-8H3. The number of nitrogens with zero attached hydrogens (tertiary/aromatic N) is 3. The second-order valence-corrected chi connectivity index (χ2v) is 10.4. The predicted octanol–water partition coefficient (Wildman–Crippen LogP) is 7.16. The SMILES string of the molecule is CCc1sc2nc(C)c(C(C)OC(C)(C)C)c(-c3ccc4c(cnn4C)c3)c2c1CC. The molecule has 0 amide bonds. The van der Waals surface area contributed by atoms with Crippen molar-refractivity contribution in [3.63, 3.8) is 0 Å². The predicted molar refractivity (Wildman–Crippen MR) is 132 cm³/mol. The summed E-state index contributed by atoms with van der Waals surface area (Å²) >= 11 is 1.84. The largest absolute Gasteiger partial charge is 0.368 e. The Bertz CT molecular complexity index is 1260. The topological polar surface area (TPSA) is 39.9 Å². The van der Waals surface area contributed by atoms with Crippen LogP contribution in [0, 0.1) is 6.92 Å². The van der Waals surface area contributed by atoms with Crippen molar-refractivity contribution in [3.8, 4) is 11.1 Å². The van der Waals surface area contributed by atoms with Crippen LogP contribution in [0.2, 0.25) is 0 Å². The van der Waals surface area contributed by atoms with Crippen molar-refractivity contribution in [2.24, 2.45) is 7.05 Å². The Kier molecular flexibility index (Phi) is 5.69. The number of pyridine rings is 1. The first-order valence-corrected chi connectivity index (χ1v) is 12.0. The van der Waals surface area contributed by atoms with E-state index in [0.29, 0.717) is 0 Å². The summed E-state index contributed by atoms with van der Waals surface area (Å²) in [4.78, 5) is 7.66. The molecule has 0 saturated carbocycles. The molecule has 0 aliphatic rings. The zero-order valence-corrected chi connectivity index (χ0v) is 20.8. The second-order valence-electron chi connectivity index (χ2n) is 9.29. The molecule has 0 bridgehead atoms. The normalized spacial score (nSPS) is 13.4. The molecule has 0 spiro atoms. The number of thiophene rings is 1. The van der Waals surface area contributed by atoms with Gasteiger partial charge < -0.3 is 4.74 Å². The Balaban J connectivity index is 2.09. The molecular formula is C26H33N3OS. The minimum atomic E-state index is -0.234. The summed E-state index contributed by atoms with van der Waals surface area (Å²) in [6.45, 7) is 15.1. The van der Waals surface area contributed by atoms with E-state index in [1.165, 1.54) is 32.5 Å². The first kappa shape index (κ1) is 22.0. The van der Waals surface area contributed by atoms with Crippen molar-refractivity contribution in [3.05, 3.63) is 46.1 Å². The van der Waals surface area contributed by atoms with Gasteiger partial charge in [0.15, 0.2) is 0 Å². The first-order valence-electron chi connectivity index (χ1n) is 11.2. The van der Waals surface area contributed by atoms with E-state index in [1.807, 2.05) is 29.3 Å². The summed E-state index contributed by atoms with van der Waals surface area (Å²) in [5, 5.41) is 6.91. The van der Waals surface area contributed by atoms with Gasteiger partial charge in [-0.15, -0.1) is 11.3 Å². The zero-order valence-electron chi connectivity index (χ0n) is 20.0. The summed E-state index contributed by atoms with van der Waals surface area (Å²) in [7, 11) is 1.99. The molecule has 0 saturated heterocycles. The highest BCUT2D eigenvalue weighted by Crippen LogP contribution is 2.44. The summed E-state index contributed by atoms with van der Waals surface area (Å²) in [6, 6.07) is 6.68. The molecule has 0 N–H and O–H groups in total. The third-order valence-electron chi connectivity index (χ3n) is 5.90. The number of rotatable bonds is 5. The van der Waals surface area contributed by atoms with Gasteiger partial charge in [0.1, 0.15) is 4.83 Å². The fourth-order valence-corrected chi connectivity index (χ4v) is 5.98. The molecule has 164 valence electrons. The van der Waals surface area contributed by atoms with Crippen molar-refractivity contribution in [2.45, 2.75) is 73.0 Å². The van der Waals surface area contributed by atoms with E-state index in [9.17, 15) is 0 Å². The molecule has 0 fully saturated rings. The number of benzene rings is 1. The molecule has 1 aromatic carbocycles. The lowest BCUT2D eigenvalue weighted by Crippen LogP contribution is -2.22. The maximum Gasteiger partial charge on any atom is 0.124 e. The number of aryl methyl sites for hydroxylation is 4. The maximum atomic E-state index is 6.46. The monoisotopic (exact) mass is 435 g/mol. The number of hydrogen-bond donors (Lipinski definition) is 0. The van der Waals surface area contributed by atoms with Crippen LogP contribution in [0.1, 0.15) is 69.3 Å². The Morgan fingerprint density at radius 3 is 2.55 bits per heavy atom. The highest BCUT2D eigenvalue weighted by atomic mass is 32.1. The van der Waals surface area contributed by atoms with Crippen LogP contribution in [0.3, 0.4) is 0 Å². The first-order chi connectivity index (χ1) is 14.6. The highest BCUT2D eigenvalue weighted by Gasteiger charge is 2.26. The fourth-order valence-electron chi connectivity index (χ4n) is 4.73. The fraction of sp³-hybridized carbons (Fsp3) is 0.462.